The van der Waals surface area contributed by atoms with Gasteiger partial charge in [-0.15, -0.1) is 0 Å². The maximum Gasteiger partial charge on any atom is 0.251 e. The van der Waals surface area contributed by atoms with Gasteiger partial charge in [0.15, 0.2) is 0 Å². The Morgan fingerprint density at radius 1 is 1.04 bits per heavy atom. The average molecular weight is 365 g/mol. The number of furan rings is 1. The van der Waals surface area contributed by atoms with Gasteiger partial charge >= 0.3 is 0 Å². The van der Waals surface area contributed by atoms with Gasteiger partial charge in [-0.25, -0.2) is 0 Å². The molecule has 3 aromatic rings. The van der Waals surface area contributed by atoms with E-state index in [1.54, 1.807) is 24.5 Å². The van der Waals surface area contributed by atoms with Crippen LogP contribution < -0.4 is 14.8 Å². The maximum absolute atomic E-state index is 12.5. The first-order valence-electron chi connectivity index (χ1n) is 8.92. The highest BCUT2D eigenvalue weighted by molar-refractivity contribution is 5.94. The van der Waals surface area contributed by atoms with Crippen molar-refractivity contribution >= 4 is 5.91 Å². The molecule has 0 fully saturated rings. The second-order valence-corrected chi connectivity index (χ2v) is 6.07. The molecule has 1 N–H and O–H groups in total. The Balaban J connectivity index is 1.73. The van der Waals surface area contributed by atoms with Crippen molar-refractivity contribution in [1.82, 2.24) is 5.32 Å². The molecule has 1 amide bonds. The van der Waals surface area contributed by atoms with E-state index in [1.165, 1.54) is 0 Å². The highest BCUT2D eigenvalue weighted by Crippen LogP contribution is 2.24. The summed E-state index contributed by atoms with van der Waals surface area (Å²) in [5.41, 5.74) is 2.43. The number of amides is 1. The molecule has 0 unspecified atom stereocenters. The van der Waals surface area contributed by atoms with Crippen LogP contribution in [0.4, 0.5) is 0 Å². The summed E-state index contributed by atoms with van der Waals surface area (Å²) in [6.07, 6.45) is 1.58. The number of carbonyl (C=O) groups is 1. The summed E-state index contributed by atoms with van der Waals surface area (Å²) in [7, 11) is 0. The van der Waals surface area contributed by atoms with E-state index in [1.807, 2.05) is 50.2 Å². The largest absolute Gasteiger partial charge is 0.493 e. The van der Waals surface area contributed by atoms with Gasteiger partial charge in [-0.3, -0.25) is 4.79 Å². The van der Waals surface area contributed by atoms with E-state index >= 15 is 0 Å². The molecular formula is C22H23NO4. The van der Waals surface area contributed by atoms with Crippen LogP contribution in [-0.2, 0) is 13.2 Å². The molecule has 0 saturated heterocycles. The van der Waals surface area contributed by atoms with Gasteiger partial charge in [0.25, 0.3) is 5.91 Å². The average Bonchev–Trinajstić information content (AvgIpc) is 3.20. The molecule has 140 valence electrons. The van der Waals surface area contributed by atoms with Gasteiger partial charge in [0.05, 0.1) is 19.4 Å². The van der Waals surface area contributed by atoms with Crippen molar-refractivity contribution in [3.8, 4) is 11.5 Å². The van der Waals surface area contributed by atoms with Crippen LogP contribution in [0.1, 0.15) is 34.2 Å². The first-order chi connectivity index (χ1) is 13.2. The van der Waals surface area contributed by atoms with Crippen LogP contribution in [-0.4, -0.2) is 12.5 Å². The van der Waals surface area contributed by atoms with Crippen molar-refractivity contribution in [3.05, 3.63) is 83.3 Å². The molecule has 0 aliphatic rings. The monoisotopic (exact) mass is 365 g/mol. The Morgan fingerprint density at radius 2 is 1.89 bits per heavy atom. The fraction of sp³-hybridized carbons (Fsp3) is 0.227. The van der Waals surface area contributed by atoms with Crippen LogP contribution >= 0.6 is 0 Å². The summed E-state index contributed by atoms with van der Waals surface area (Å²) in [5, 5.41) is 2.85. The molecule has 0 aliphatic carbocycles. The van der Waals surface area contributed by atoms with Crippen LogP contribution in [0.3, 0.4) is 0 Å². The van der Waals surface area contributed by atoms with Crippen molar-refractivity contribution in [3.63, 3.8) is 0 Å². The highest BCUT2D eigenvalue weighted by atomic mass is 16.5. The lowest BCUT2D eigenvalue weighted by Gasteiger charge is -2.14. The summed E-state index contributed by atoms with van der Waals surface area (Å²) in [5.74, 6) is 2.06. The molecule has 5 heteroatoms. The Bertz CT molecular complexity index is 887. The summed E-state index contributed by atoms with van der Waals surface area (Å²) in [6.45, 7) is 5.13. The first kappa shape index (κ1) is 18.6. The second kappa shape index (κ2) is 8.94. The van der Waals surface area contributed by atoms with Crippen LogP contribution in [0.15, 0.2) is 65.3 Å². The number of nitrogens with one attached hydrogen (secondary N) is 1. The summed E-state index contributed by atoms with van der Waals surface area (Å²) < 4.78 is 16.9. The van der Waals surface area contributed by atoms with Crippen molar-refractivity contribution in [2.24, 2.45) is 0 Å². The minimum Gasteiger partial charge on any atom is -0.493 e. The third kappa shape index (κ3) is 4.91. The molecule has 0 saturated carbocycles. The van der Waals surface area contributed by atoms with Gasteiger partial charge < -0.3 is 19.2 Å². The van der Waals surface area contributed by atoms with E-state index in [2.05, 4.69) is 5.32 Å². The van der Waals surface area contributed by atoms with Gasteiger partial charge in [-0.05, 0) is 55.8 Å². The number of aryl methyl sites for hydroxylation is 1. The first-order valence-corrected chi connectivity index (χ1v) is 8.92. The van der Waals surface area contributed by atoms with E-state index in [0.29, 0.717) is 36.8 Å². The Kier molecular flexibility index (Phi) is 6.15. The van der Waals surface area contributed by atoms with E-state index in [9.17, 15) is 4.79 Å². The number of carbonyl (C=O) groups excluding carboxylic acids is 1. The standard InChI is InChI=1S/C22H23NO4/c1-3-25-21-11-10-17(22(24)23-14-19-8-6-12-26-19)13-18(21)15-27-20-9-5-4-7-16(20)2/h4-13H,3,14-15H2,1-2H3,(H,23,24). The molecule has 5 nitrogen and oxygen atoms in total. The molecule has 27 heavy (non-hydrogen) atoms. The van der Waals surface area contributed by atoms with E-state index in [4.69, 9.17) is 13.9 Å². The predicted octanol–water partition coefficient (Wildman–Crippen LogP) is 4.50. The number of para-hydroxylation sites is 1. The van der Waals surface area contributed by atoms with Gasteiger partial charge in [-0.2, -0.15) is 0 Å². The van der Waals surface area contributed by atoms with Gasteiger partial charge in [-0.1, -0.05) is 18.2 Å². The Morgan fingerprint density at radius 3 is 2.63 bits per heavy atom. The minimum absolute atomic E-state index is 0.174. The molecule has 0 atom stereocenters. The van der Waals surface area contributed by atoms with E-state index < -0.39 is 0 Å². The molecule has 0 spiro atoms. The van der Waals surface area contributed by atoms with Gasteiger partial charge in [0, 0.05) is 11.1 Å². The van der Waals surface area contributed by atoms with Crippen LogP contribution in [0.5, 0.6) is 11.5 Å². The quantitative estimate of drug-likeness (QED) is 0.639. The lowest BCUT2D eigenvalue weighted by atomic mass is 10.1. The SMILES string of the molecule is CCOc1ccc(C(=O)NCc2ccco2)cc1COc1ccccc1C. The van der Waals surface area contributed by atoms with Gasteiger partial charge in [0.1, 0.15) is 23.9 Å². The van der Waals surface area contributed by atoms with Crippen LogP contribution in [0.2, 0.25) is 0 Å². The zero-order valence-corrected chi connectivity index (χ0v) is 15.5. The van der Waals surface area contributed by atoms with Crippen LogP contribution in [0.25, 0.3) is 0 Å². The third-order valence-electron chi connectivity index (χ3n) is 4.10. The molecule has 1 aromatic heterocycles. The predicted molar refractivity (Wildman–Crippen MR) is 103 cm³/mol. The molecule has 0 radical (unpaired) electrons. The summed E-state index contributed by atoms with van der Waals surface area (Å²) in [6, 6.07) is 16.8. The number of hydrogen-bond donors (Lipinski definition) is 1. The zero-order valence-electron chi connectivity index (χ0n) is 15.5. The fourth-order valence-electron chi connectivity index (χ4n) is 2.69. The second-order valence-electron chi connectivity index (χ2n) is 6.07. The summed E-state index contributed by atoms with van der Waals surface area (Å²) >= 11 is 0. The summed E-state index contributed by atoms with van der Waals surface area (Å²) in [4.78, 5) is 12.5. The number of benzene rings is 2. The van der Waals surface area contributed by atoms with Crippen LogP contribution in [0, 0.1) is 6.92 Å². The van der Waals surface area contributed by atoms with Crippen molar-refractivity contribution in [2.45, 2.75) is 27.0 Å². The highest BCUT2D eigenvalue weighted by Gasteiger charge is 2.12. The lowest BCUT2D eigenvalue weighted by molar-refractivity contribution is 0.0948. The van der Waals surface area contributed by atoms with Crippen molar-refractivity contribution in [2.75, 3.05) is 6.61 Å². The topological polar surface area (TPSA) is 60.7 Å². The lowest BCUT2D eigenvalue weighted by Crippen LogP contribution is -2.22. The normalized spacial score (nSPS) is 10.4. The molecule has 0 aliphatic heterocycles. The van der Waals surface area contributed by atoms with Crippen molar-refractivity contribution in [1.29, 1.82) is 0 Å². The van der Waals surface area contributed by atoms with Gasteiger partial charge in [0.2, 0.25) is 0 Å². The Hall–Kier alpha value is -3.21. The fourth-order valence-corrected chi connectivity index (χ4v) is 2.69. The number of ether oxygens (including phenoxy) is 2. The smallest absolute Gasteiger partial charge is 0.251 e. The minimum atomic E-state index is -0.174. The van der Waals surface area contributed by atoms with Crippen molar-refractivity contribution < 1.29 is 18.7 Å². The number of hydrogen-bond acceptors (Lipinski definition) is 4. The van der Waals surface area contributed by atoms with E-state index in [0.717, 1.165) is 16.9 Å². The molecule has 0 bridgehead atoms. The Labute approximate surface area is 158 Å². The molecular weight excluding hydrogens is 342 g/mol. The molecule has 2 aromatic carbocycles. The van der Waals surface area contributed by atoms with E-state index in [-0.39, 0.29) is 5.91 Å². The third-order valence-corrected chi connectivity index (χ3v) is 4.10. The molecule has 3 rings (SSSR count). The maximum atomic E-state index is 12.5. The number of rotatable bonds is 8. The molecule has 1 heterocycles. The zero-order chi connectivity index (χ0) is 19.1.